The van der Waals surface area contributed by atoms with Crippen LogP contribution in [0, 0.1) is 5.95 Å². The molecule has 14 heavy (non-hydrogen) atoms. The number of nitrogens with zero attached hydrogens (tertiary/aromatic N) is 2. The van der Waals surface area contributed by atoms with E-state index in [0.717, 1.165) is 0 Å². The predicted octanol–water partition coefficient (Wildman–Crippen LogP) is 2.41. The average Bonchev–Trinajstić information content (AvgIpc) is 2.23. The number of para-hydroxylation sites is 1. The zero-order chi connectivity index (χ0) is 9.80. The first kappa shape index (κ1) is 8.62. The molecule has 0 amide bonds. The molecular weight excluding hydrogens is 183 g/mol. The second-order valence-electron chi connectivity index (χ2n) is 2.61. The number of hydrogen-bond acceptors (Lipinski definition) is 3. The number of ether oxygens (including phenoxy) is 1. The van der Waals surface area contributed by atoms with Gasteiger partial charge in [-0.3, -0.25) is 0 Å². The van der Waals surface area contributed by atoms with Crippen molar-refractivity contribution in [2.75, 3.05) is 0 Å². The second-order valence-corrected chi connectivity index (χ2v) is 2.61. The number of aromatic nitrogens is 2. The van der Waals surface area contributed by atoms with Crippen LogP contribution in [-0.2, 0) is 0 Å². The standard InChI is InChI=1S/C10H7FN2O/c11-9-6-7-10(13-12-9)14-8-4-2-1-3-5-8/h1-7H. The fourth-order valence-electron chi connectivity index (χ4n) is 0.967. The Morgan fingerprint density at radius 1 is 0.929 bits per heavy atom. The van der Waals surface area contributed by atoms with Crippen LogP contribution in [0.5, 0.6) is 11.6 Å². The van der Waals surface area contributed by atoms with Crippen molar-refractivity contribution in [2.45, 2.75) is 0 Å². The Hall–Kier alpha value is -1.97. The normalized spacial score (nSPS) is 9.79. The lowest BCUT2D eigenvalue weighted by Crippen LogP contribution is -1.91. The molecule has 1 heterocycles. The summed E-state index contributed by atoms with van der Waals surface area (Å²) in [5.74, 6) is 0.302. The Balaban J connectivity index is 2.16. The van der Waals surface area contributed by atoms with Crippen LogP contribution in [0.3, 0.4) is 0 Å². The lowest BCUT2D eigenvalue weighted by molar-refractivity contribution is 0.443. The Morgan fingerprint density at radius 2 is 1.71 bits per heavy atom. The molecule has 0 atom stereocenters. The van der Waals surface area contributed by atoms with Crippen molar-refractivity contribution in [1.82, 2.24) is 10.2 Å². The molecule has 0 aliphatic rings. The molecule has 0 saturated heterocycles. The van der Waals surface area contributed by atoms with Gasteiger partial charge in [-0.1, -0.05) is 18.2 Å². The highest BCUT2D eigenvalue weighted by molar-refractivity contribution is 5.25. The van der Waals surface area contributed by atoms with Crippen molar-refractivity contribution in [2.24, 2.45) is 0 Å². The molecule has 0 unspecified atom stereocenters. The smallest absolute Gasteiger partial charge is 0.239 e. The SMILES string of the molecule is Fc1ccc(Oc2ccccc2)nn1. The van der Waals surface area contributed by atoms with Crippen molar-refractivity contribution >= 4 is 0 Å². The largest absolute Gasteiger partial charge is 0.438 e. The predicted molar refractivity (Wildman–Crippen MR) is 48.5 cm³/mol. The Labute approximate surface area is 80.2 Å². The van der Waals surface area contributed by atoms with Crippen molar-refractivity contribution in [1.29, 1.82) is 0 Å². The molecule has 1 aromatic heterocycles. The minimum absolute atomic E-state index is 0.276. The van der Waals surface area contributed by atoms with E-state index in [0.29, 0.717) is 5.75 Å². The molecule has 3 nitrogen and oxygen atoms in total. The number of hydrogen-bond donors (Lipinski definition) is 0. The molecule has 0 fully saturated rings. The minimum Gasteiger partial charge on any atom is -0.438 e. The summed E-state index contributed by atoms with van der Waals surface area (Å²) < 4.78 is 17.7. The highest BCUT2D eigenvalue weighted by atomic mass is 19.1. The zero-order valence-electron chi connectivity index (χ0n) is 7.22. The molecule has 0 radical (unpaired) electrons. The highest BCUT2D eigenvalue weighted by Crippen LogP contribution is 2.17. The van der Waals surface area contributed by atoms with Gasteiger partial charge in [-0.15, -0.1) is 10.2 Å². The zero-order valence-corrected chi connectivity index (χ0v) is 7.22. The van der Waals surface area contributed by atoms with Gasteiger partial charge in [0.05, 0.1) is 0 Å². The molecule has 70 valence electrons. The van der Waals surface area contributed by atoms with Gasteiger partial charge in [0.2, 0.25) is 11.8 Å². The minimum atomic E-state index is -0.620. The van der Waals surface area contributed by atoms with Crippen LogP contribution < -0.4 is 4.74 Å². The van der Waals surface area contributed by atoms with Crippen LogP contribution in [0.2, 0.25) is 0 Å². The van der Waals surface area contributed by atoms with Crippen molar-refractivity contribution in [3.63, 3.8) is 0 Å². The summed E-state index contributed by atoms with van der Waals surface area (Å²) in [6.07, 6.45) is 0. The van der Waals surface area contributed by atoms with E-state index >= 15 is 0 Å². The van der Waals surface area contributed by atoms with Gasteiger partial charge in [-0.25, -0.2) is 0 Å². The van der Waals surface area contributed by atoms with E-state index in [-0.39, 0.29) is 5.88 Å². The maximum Gasteiger partial charge on any atom is 0.239 e. The third kappa shape index (κ3) is 2.04. The fraction of sp³-hybridized carbons (Fsp3) is 0. The van der Waals surface area contributed by atoms with Crippen LogP contribution >= 0.6 is 0 Å². The topological polar surface area (TPSA) is 35.0 Å². The molecule has 0 aliphatic carbocycles. The first-order valence-electron chi connectivity index (χ1n) is 4.07. The third-order valence-corrected chi connectivity index (χ3v) is 1.57. The molecule has 2 aromatic rings. The molecule has 4 heteroatoms. The molecular formula is C10H7FN2O. The van der Waals surface area contributed by atoms with Gasteiger partial charge in [-0.2, -0.15) is 4.39 Å². The van der Waals surface area contributed by atoms with Gasteiger partial charge >= 0.3 is 0 Å². The van der Waals surface area contributed by atoms with Gasteiger partial charge < -0.3 is 4.74 Å². The van der Waals surface area contributed by atoms with Crippen LogP contribution in [0.1, 0.15) is 0 Å². The van der Waals surface area contributed by atoms with Gasteiger partial charge in [0.25, 0.3) is 0 Å². The van der Waals surface area contributed by atoms with E-state index in [1.807, 2.05) is 18.2 Å². The van der Waals surface area contributed by atoms with E-state index in [1.165, 1.54) is 12.1 Å². The summed E-state index contributed by atoms with van der Waals surface area (Å²) in [4.78, 5) is 0. The van der Waals surface area contributed by atoms with E-state index in [2.05, 4.69) is 10.2 Å². The highest BCUT2D eigenvalue weighted by Gasteiger charge is 1.98. The van der Waals surface area contributed by atoms with Crippen LogP contribution in [0.15, 0.2) is 42.5 Å². The lowest BCUT2D eigenvalue weighted by Gasteiger charge is -2.01. The molecule has 0 bridgehead atoms. The van der Waals surface area contributed by atoms with E-state index in [1.54, 1.807) is 12.1 Å². The number of rotatable bonds is 2. The molecule has 0 spiro atoms. The van der Waals surface area contributed by atoms with Crippen LogP contribution in [-0.4, -0.2) is 10.2 Å². The van der Waals surface area contributed by atoms with E-state index < -0.39 is 5.95 Å². The number of benzene rings is 1. The Kier molecular flexibility index (Phi) is 2.36. The summed E-state index contributed by atoms with van der Waals surface area (Å²) in [5.41, 5.74) is 0. The third-order valence-electron chi connectivity index (χ3n) is 1.57. The van der Waals surface area contributed by atoms with Crippen molar-refractivity contribution < 1.29 is 9.13 Å². The van der Waals surface area contributed by atoms with E-state index in [9.17, 15) is 4.39 Å². The van der Waals surface area contributed by atoms with Crippen molar-refractivity contribution in [3.05, 3.63) is 48.4 Å². The van der Waals surface area contributed by atoms with Crippen LogP contribution in [0.25, 0.3) is 0 Å². The molecule has 2 rings (SSSR count). The lowest BCUT2D eigenvalue weighted by atomic mass is 10.3. The van der Waals surface area contributed by atoms with Gasteiger partial charge in [-0.05, 0) is 12.1 Å². The first-order chi connectivity index (χ1) is 6.84. The average molecular weight is 190 g/mol. The monoisotopic (exact) mass is 190 g/mol. The van der Waals surface area contributed by atoms with Gasteiger partial charge in [0.1, 0.15) is 5.75 Å². The Morgan fingerprint density at radius 3 is 2.36 bits per heavy atom. The fourth-order valence-corrected chi connectivity index (χ4v) is 0.967. The molecule has 0 saturated carbocycles. The molecule has 0 aliphatic heterocycles. The van der Waals surface area contributed by atoms with Gasteiger partial charge in [0.15, 0.2) is 0 Å². The molecule has 0 N–H and O–H groups in total. The number of halogens is 1. The maximum atomic E-state index is 12.4. The van der Waals surface area contributed by atoms with E-state index in [4.69, 9.17) is 4.74 Å². The quantitative estimate of drug-likeness (QED) is 0.729. The maximum absolute atomic E-state index is 12.4. The summed E-state index contributed by atoms with van der Waals surface area (Å²) in [5, 5.41) is 6.76. The van der Waals surface area contributed by atoms with Crippen LogP contribution in [0.4, 0.5) is 4.39 Å². The second kappa shape index (κ2) is 3.83. The van der Waals surface area contributed by atoms with Crippen molar-refractivity contribution in [3.8, 4) is 11.6 Å². The summed E-state index contributed by atoms with van der Waals surface area (Å²) >= 11 is 0. The summed E-state index contributed by atoms with van der Waals surface area (Å²) in [7, 11) is 0. The molecule has 1 aromatic carbocycles. The summed E-state index contributed by atoms with van der Waals surface area (Å²) in [6.45, 7) is 0. The Bertz CT molecular complexity index is 402. The first-order valence-corrected chi connectivity index (χ1v) is 4.07. The summed E-state index contributed by atoms with van der Waals surface area (Å²) in [6, 6.07) is 11.7. The van der Waals surface area contributed by atoms with Gasteiger partial charge in [0, 0.05) is 12.1 Å².